The molecule has 0 aromatic heterocycles. The Kier molecular flexibility index (Phi) is 31.0. The minimum Gasteiger partial charge on any atom is -0.431 e. The van der Waals surface area contributed by atoms with Gasteiger partial charge in [0, 0.05) is 12.8 Å². The summed E-state index contributed by atoms with van der Waals surface area (Å²) >= 11 is 0. The zero-order chi connectivity index (χ0) is 29.4. The Hall–Kier alpha value is -1.39. The van der Waals surface area contributed by atoms with Crippen molar-refractivity contribution in [1.29, 1.82) is 0 Å². The highest BCUT2D eigenvalue weighted by Crippen LogP contribution is 2.20. The fourth-order valence-corrected chi connectivity index (χ4v) is 5.40. The summed E-state index contributed by atoms with van der Waals surface area (Å²) < 4.78 is 11.5. The molecule has 0 saturated heterocycles. The maximum absolute atomic E-state index is 12.7. The van der Waals surface area contributed by atoms with Crippen molar-refractivity contribution in [3.8, 4) is 0 Å². The van der Waals surface area contributed by atoms with Gasteiger partial charge in [0.1, 0.15) is 24.8 Å². The van der Waals surface area contributed by atoms with E-state index in [0.29, 0.717) is 25.7 Å². The summed E-state index contributed by atoms with van der Waals surface area (Å²) in [6, 6.07) is 0. The summed E-state index contributed by atoms with van der Waals surface area (Å²) in [5, 5.41) is 0. The van der Waals surface area contributed by atoms with Crippen molar-refractivity contribution in [2.45, 2.75) is 206 Å². The third-order valence-electron chi connectivity index (χ3n) is 7.98. The van der Waals surface area contributed by atoms with E-state index in [2.05, 4.69) is 13.8 Å². The summed E-state index contributed by atoms with van der Waals surface area (Å²) in [5.41, 5.74) is 0. The Morgan fingerprint density at radius 2 is 0.725 bits per heavy atom. The van der Waals surface area contributed by atoms with Crippen LogP contribution in [0, 0.1) is 0 Å². The van der Waals surface area contributed by atoms with Crippen LogP contribution in [0.3, 0.4) is 0 Å². The van der Waals surface area contributed by atoms with Crippen LogP contribution in [0.4, 0.5) is 4.79 Å². The molecule has 5 nitrogen and oxygen atoms in total. The van der Waals surface area contributed by atoms with Gasteiger partial charge in [0.25, 0.3) is 0 Å². The molecule has 2 atom stereocenters. The van der Waals surface area contributed by atoms with Gasteiger partial charge in [-0.05, 0) is 51.4 Å². The van der Waals surface area contributed by atoms with Crippen LogP contribution >= 0.6 is 0 Å². The zero-order valence-corrected chi connectivity index (χ0v) is 26.6. The maximum atomic E-state index is 12.7. The van der Waals surface area contributed by atoms with Gasteiger partial charge in [-0.15, -0.1) is 0 Å². The fraction of sp³-hybridized carbons (Fsp3) is 0.914. The van der Waals surface area contributed by atoms with E-state index in [0.717, 1.165) is 63.9 Å². The third kappa shape index (κ3) is 28.1. The molecule has 5 heteroatoms. The standard InChI is InChI=1S/C35H66O5/c1-3-5-7-9-11-13-15-17-19-21-27-33(29-23-25-31-36)39-35(38)40-34(30-24-26-32-37)28-22-20-18-16-14-12-10-8-6-4-2/h31-34H,3-30H2,1-2H3. The minimum atomic E-state index is -0.577. The van der Waals surface area contributed by atoms with Gasteiger partial charge in [-0.3, -0.25) is 0 Å². The van der Waals surface area contributed by atoms with Crippen LogP contribution in [0.2, 0.25) is 0 Å². The number of rotatable bonds is 32. The van der Waals surface area contributed by atoms with Gasteiger partial charge in [-0.2, -0.15) is 0 Å². The summed E-state index contributed by atoms with van der Waals surface area (Å²) in [6.45, 7) is 4.51. The van der Waals surface area contributed by atoms with Gasteiger partial charge in [-0.25, -0.2) is 4.79 Å². The van der Waals surface area contributed by atoms with Gasteiger partial charge >= 0.3 is 6.16 Å². The fourth-order valence-electron chi connectivity index (χ4n) is 5.40. The van der Waals surface area contributed by atoms with E-state index < -0.39 is 6.16 Å². The van der Waals surface area contributed by atoms with E-state index in [1.54, 1.807) is 0 Å². The van der Waals surface area contributed by atoms with E-state index in [-0.39, 0.29) is 12.2 Å². The lowest BCUT2D eigenvalue weighted by Gasteiger charge is -2.21. The normalized spacial score (nSPS) is 12.7. The topological polar surface area (TPSA) is 69.7 Å². The highest BCUT2D eigenvalue weighted by atomic mass is 16.7. The van der Waals surface area contributed by atoms with Crippen LogP contribution in [0.15, 0.2) is 0 Å². The van der Waals surface area contributed by atoms with Crippen LogP contribution in [0.5, 0.6) is 0 Å². The molecule has 2 unspecified atom stereocenters. The maximum Gasteiger partial charge on any atom is 0.508 e. The molecule has 0 spiro atoms. The van der Waals surface area contributed by atoms with E-state index in [1.807, 2.05) is 0 Å². The number of ether oxygens (including phenoxy) is 2. The molecule has 40 heavy (non-hydrogen) atoms. The molecule has 0 amide bonds. The molecule has 0 bridgehead atoms. The number of hydrogen-bond donors (Lipinski definition) is 0. The average molecular weight is 567 g/mol. The Morgan fingerprint density at radius 1 is 0.450 bits per heavy atom. The number of carbonyl (C=O) groups excluding carboxylic acids is 3. The average Bonchev–Trinajstić information content (AvgIpc) is 2.95. The third-order valence-corrected chi connectivity index (χ3v) is 7.98. The van der Waals surface area contributed by atoms with Crippen molar-refractivity contribution >= 4 is 18.7 Å². The predicted octanol–water partition coefficient (Wildman–Crippen LogP) is 11.2. The molecule has 0 rings (SSSR count). The Morgan fingerprint density at radius 3 is 1.02 bits per heavy atom. The second-order valence-electron chi connectivity index (χ2n) is 11.9. The lowest BCUT2D eigenvalue weighted by Crippen LogP contribution is -2.24. The summed E-state index contributed by atoms with van der Waals surface area (Å²) in [6.07, 6.45) is 32.0. The molecular formula is C35H66O5. The van der Waals surface area contributed by atoms with E-state index in [4.69, 9.17) is 9.47 Å². The van der Waals surface area contributed by atoms with Crippen LogP contribution in [-0.2, 0) is 19.1 Å². The van der Waals surface area contributed by atoms with E-state index >= 15 is 0 Å². The van der Waals surface area contributed by atoms with Crippen molar-refractivity contribution in [2.24, 2.45) is 0 Å². The zero-order valence-electron chi connectivity index (χ0n) is 26.6. The molecule has 0 aliphatic heterocycles. The molecule has 0 aromatic rings. The smallest absolute Gasteiger partial charge is 0.431 e. The SMILES string of the molecule is CCCCCCCCCCCCC(CCCC=O)OC(=O)OC(CCCC=O)CCCCCCCCCCCC. The molecule has 0 heterocycles. The van der Waals surface area contributed by atoms with Gasteiger partial charge in [0.05, 0.1) is 0 Å². The predicted molar refractivity (Wildman–Crippen MR) is 168 cm³/mol. The van der Waals surface area contributed by atoms with Crippen LogP contribution in [0.25, 0.3) is 0 Å². The van der Waals surface area contributed by atoms with Crippen molar-refractivity contribution in [1.82, 2.24) is 0 Å². The van der Waals surface area contributed by atoms with Crippen molar-refractivity contribution in [2.75, 3.05) is 0 Å². The van der Waals surface area contributed by atoms with Gasteiger partial charge < -0.3 is 19.1 Å². The summed E-state index contributed by atoms with van der Waals surface area (Å²) in [5.74, 6) is 0. The summed E-state index contributed by atoms with van der Waals surface area (Å²) in [7, 11) is 0. The molecule has 0 aliphatic carbocycles. The first-order chi connectivity index (χ1) is 19.7. The number of unbranched alkanes of at least 4 members (excludes halogenated alkanes) is 20. The first kappa shape index (κ1) is 38.6. The van der Waals surface area contributed by atoms with Crippen molar-refractivity contribution in [3.05, 3.63) is 0 Å². The Labute approximate surface area is 248 Å². The second kappa shape index (κ2) is 32.1. The second-order valence-corrected chi connectivity index (χ2v) is 11.9. The largest absolute Gasteiger partial charge is 0.508 e. The first-order valence-electron chi connectivity index (χ1n) is 17.4. The van der Waals surface area contributed by atoms with Crippen molar-refractivity contribution < 1.29 is 23.9 Å². The monoisotopic (exact) mass is 566 g/mol. The summed E-state index contributed by atoms with van der Waals surface area (Å²) in [4.78, 5) is 34.3. The molecule has 0 N–H and O–H groups in total. The van der Waals surface area contributed by atoms with Gasteiger partial charge in [0.2, 0.25) is 0 Å². The van der Waals surface area contributed by atoms with E-state index in [1.165, 1.54) is 103 Å². The molecule has 236 valence electrons. The van der Waals surface area contributed by atoms with Gasteiger partial charge in [0.15, 0.2) is 0 Å². The molecule has 0 radical (unpaired) electrons. The molecular weight excluding hydrogens is 500 g/mol. The molecule has 0 aliphatic rings. The lowest BCUT2D eigenvalue weighted by atomic mass is 10.0. The van der Waals surface area contributed by atoms with Crippen LogP contribution in [-0.4, -0.2) is 30.9 Å². The quantitative estimate of drug-likeness (QED) is 0.0460. The molecule has 0 aromatic carbocycles. The number of carbonyl (C=O) groups is 3. The van der Waals surface area contributed by atoms with E-state index in [9.17, 15) is 14.4 Å². The van der Waals surface area contributed by atoms with Crippen molar-refractivity contribution in [3.63, 3.8) is 0 Å². The Balaban J connectivity index is 4.34. The van der Waals surface area contributed by atoms with Gasteiger partial charge in [-0.1, -0.05) is 129 Å². The first-order valence-corrected chi connectivity index (χ1v) is 17.4. The lowest BCUT2D eigenvalue weighted by molar-refractivity contribution is -0.108. The number of aldehydes is 2. The molecule has 0 saturated carbocycles. The Bertz CT molecular complexity index is 504. The number of hydrogen-bond acceptors (Lipinski definition) is 5. The highest BCUT2D eigenvalue weighted by Gasteiger charge is 2.20. The highest BCUT2D eigenvalue weighted by molar-refractivity contribution is 5.60. The van der Waals surface area contributed by atoms with Crippen LogP contribution < -0.4 is 0 Å². The molecule has 0 fully saturated rings. The van der Waals surface area contributed by atoms with Crippen LogP contribution in [0.1, 0.15) is 194 Å². The minimum absolute atomic E-state index is 0.186.